The first-order chi connectivity index (χ1) is 11.2. The number of amides is 1. The van der Waals surface area contributed by atoms with E-state index < -0.39 is 0 Å². The maximum absolute atomic E-state index is 12.7. The Kier molecular flexibility index (Phi) is 6.83. The number of hydrogen-bond acceptors (Lipinski definition) is 2. The molecule has 0 bridgehead atoms. The Balaban J connectivity index is 0.00000208. The monoisotopic (exact) mass is 344 g/mol. The molecule has 2 aromatic carbocycles. The molecule has 4 heteroatoms. The Hall–Kier alpha value is -1.84. The Morgan fingerprint density at radius 2 is 1.58 bits per heavy atom. The van der Waals surface area contributed by atoms with Gasteiger partial charge in [-0.1, -0.05) is 48.5 Å². The van der Waals surface area contributed by atoms with Gasteiger partial charge < -0.3 is 11.1 Å². The predicted octanol–water partition coefficient (Wildman–Crippen LogP) is 3.70. The number of hydrogen-bond donors (Lipinski definition) is 2. The van der Waals surface area contributed by atoms with E-state index in [0.717, 1.165) is 43.2 Å². The Labute approximate surface area is 150 Å². The molecule has 0 radical (unpaired) electrons. The highest BCUT2D eigenvalue weighted by Gasteiger charge is 2.21. The van der Waals surface area contributed by atoms with E-state index in [1.54, 1.807) is 0 Å². The normalized spacial score (nSPS) is 20.0. The van der Waals surface area contributed by atoms with Gasteiger partial charge in [0, 0.05) is 17.6 Å². The second-order valence-electron chi connectivity index (χ2n) is 6.40. The summed E-state index contributed by atoms with van der Waals surface area (Å²) in [6.07, 6.45) is 4.73. The van der Waals surface area contributed by atoms with Crippen LogP contribution in [0.4, 0.5) is 0 Å². The number of carbonyl (C=O) groups is 1. The fourth-order valence-corrected chi connectivity index (χ4v) is 3.24. The lowest BCUT2D eigenvalue weighted by atomic mass is 9.91. The summed E-state index contributed by atoms with van der Waals surface area (Å²) in [5.74, 6) is 0.0389. The quantitative estimate of drug-likeness (QED) is 0.888. The van der Waals surface area contributed by atoms with E-state index in [2.05, 4.69) is 17.4 Å². The van der Waals surface area contributed by atoms with Gasteiger partial charge in [-0.05, 0) is 49.3 Å². The number of nitrogens with one attached hydrogen (secondary N) is 1. The van der Waals surface area contributed by atoms with Crippen LogP contribution in [0.15, 0.2) is 54.6 Å². The van der Waals surface area contributed by atoms with Crippen molar-refractivity contribution in [3.05, 3.63) is 71.3 Å². The van der Waals surface area contributed by atoms with Crippen molar-refractivity contribution in [1.29, 1.82) is 0 Å². The molecule has 0 spiro atoms. The minimum Gasteiger partial charge on any atom is -0.349 e. The summed E-state index contributed by atoms with van der Waals surface area (Å²) in [6, 6.07) is 18.7. The Bertz CT molecular complexity index is 652. The molecule has 0 aromatic heterocycles. The van der Waals surface area contributed by atoms with Crippen molar-refractivity contribution < 1.29 is 4.79 Å². The minimum atomic E-state index is 0. The largest absolute Gasteiger partial charge is 0.349 e. The van der Waals surface area contributed by atoms with Gasteiger partial charge in [0.15, 0.2) is 0 Å². The average Bonchev–Trinajstić information content (AvgIpc) is 2.58. The number of benzene rings is 2. The molecular formula is C20H25ClN2O. The molecule has 3 N–H and O–H groups in total. The van der Waals surface area contributed by atoms with Gasteiger partial charge in [-0.25, -0.2) is 0 Å². The van der Waals surface area contributed by atoms with Crippen LogP contribution >= 0.6 is 12.4 Å². The number of halogens is 1. The molecule has 2 aromatic rings. The van der Waals surface area contributed by atoms with Gasteiger partial charge in [0.05, 0.1) is 0 Å². The molecule has 1 aliphatic rings. The van der Waals surface area contributed by atoms with E-state index in [4.69, 9.17) is 5.73 Å². The van der Waals surface area contributed by atoms with Crippen LogP contribution in [-0.2, 0) is 6.42 Å². The van der Waals surface area contributed by atoms with Crippen LogP contribution in [0.3, 0.4) is 0 Å². The minimum absolute atomic E-state index is 0. The van der Waals surface area contributed by atoms with E-state index >= 15 is 0 Å². The maximum atomic E-state index is 12.7. The summed E-state index contributed by atoms with van der Waals surface area (Å²) < 4.78 is 0. The molecule has 3 rings (SSSR count). The van der Waals surface area contributed by atoms with Gasteiger partial charge in [-0.3, -0.25) is 4.79 Å². The molecule has 128 valence electrons. The average molecular weight is 345 g/mol. The van der Waals surface area contributed by atoms with E-state index in [1.165, 1.54) is 5.56 Å². The number of carbonyl (C=O) groups excluding carboxylic acids is 1. The standard InChI is InChI=1S/C20H24N2O.ClH/c21-17-10-12-18(13-11-17)22-20(23)19-9-5-4-8-16(19)14-15-6-2-1-3-7-15;/h1-9,17-18H,10-14,21H2,(H,22,23);1H. The Morgan fingerprint density at radius 3 is 2.29 bits per heavy atom. The van der Waals surface area contributed by atoms with Crippen molar-refractivity contribution in [3.8, 4) is 0 Å². The molecule has 0 heterocycles. The van der Waals surface area contributed by atoms with Crippen LogP contribution in [0.25, 0.3) is 0 Å². The van der Waals surface area contributed by atoms with Crippen molar-refractivity contribution in [2.75, 3.05) is 0 Å². The van der Waals surface area contributed by atoms with E-state index in [0.29, 0.717) is 6.04 Å². The van der Waals surface area contributed by atoms with E-state index in [9.17, 15) is 4.79 Å². The molecule has 0 aliphatic heterocycles. The summed E-state index contributed by atoms with van der Waals surface area (Å²) in [5.41, 5.74) is 9.01. The summed E-state index contributed by atoms with van der Waals surface area (Å²) in [4.78, 5) is 12.7. The zero-order chi connectivity index (χ0) is 16.1. The molecule has 0 unspecified atom stereocenters. The first kappa shape index (κ1) is 18.5. The molecule has 3 nitrogen and oxygen atoms in total. The maximum Gasteiger partial charge on any atom is 0.251 e. The summed E-state index contributed by atoms with van der Waals surface area (Å²) in [5, 5.41) is 3.19. The number of nitrogens with two attached hydrogens (primary N) is 1. The van der Waals surface area contributed by atoms with Crippen molar-refractivity contribution in [3.63, 3.8) is 0 Å². The summed E-state index contributed by atoms with van der Waals surface area (Å²) >= 11 is 0. The van der Waals surface area contributed by atoms with Gasteiger partial charge in [0.1, 0.15) is 0 Å². The highest BCUT2D eigenvalue weighted by molar-refractivity contribution is 5.96. The highest BCUT2D eigenvalue weighted by Crippen LogP contribution is 2.19. The lowest BCUT2D eigenvalue weighted by molar-refractivity contribution is 0.0925. The van der Waals surface area contributed by atoms with Crippen LogP contribution < -0.4 is 11.1 Å². The van der Waals surface area contributed by atoms with Crippen LogP contribution in [0.1, 0.15) is 47.2 Å². The van der Waals surface area contributed by atoms with Gasteiger partial charge in [0.25, 0.3) is 5.91 Å². The molecule has 1 saturated carbocycles. The molecule has 0 atom stereocenters. The van der Waals surface area contributed by atoms with E-state index in [1.807, 2.05) is 42.5 Å². The second-order valence-corrected chi connectivity index (χ2v) is 6.40. The lowest BCUT2D eigenvalue weighted by Gasteiger charge is -2.27. The number of rotatable bonds is 4. The van der Waals surface area contributed by atoms with Gasteiger partial charge in [-0.15, -0.1) is 12.4 Å². The molecule has 1 amide bonds. The summed E-state index contributed by atoms with van der Waals surface area (Å²) in [6.45, 7) is 0. The zero-order valence-corrected chi connectivity index (χ0v) is 14.6. The van der Waals surface area contributed by atoms with Crippen molar-refractivity contribution in [2.24, 2.45) is 5.73 Å². The molecule has 0 saturated heterocycles. The first-order valence-corrected chi connectivity index (χ1v) is 8.40. The SMILES string of the molecule is Cl.NC1CCC(NC(=O)c2ccccc2Cc2ccccc2)CC1. The molecule has 1 aliphatic carbocycles. The third-order valence-electron chi connectivity index (χ3n) is 4.61. The van der Waals surface area contributed by atoms with Crippen molar-refractivity contribution in [1.82, 2.24) is 5.32 Å². The van der Waals surface area contributed by atoms with E-state index in [-0.39, 0.29) is 24.4 Å². The third kappa shape index (κ3) is 4.83. The van der Waals surface area contributed by atoms with Gasteiger partial charge in [-0.2, -0.15) is 0 Å². The predicted molar refractivity (Wildman–Crippen MR) is 101 cm³/mol. The first-order valence-electron chi connectivity index (χ1n) is 8.40. The van der Waals surface area contributed by atoms with Crippen molar-refractivity contribution in [2.45, 2.75) is 44.2 Å². The van der Waals surface area contributed by atoms with Crippen LogP contribution in [0.5, 0.6) is 0 Å². The van der Waals surface area contributed by atoms with Crippen molar-refractivity contribution >= 4 is 18.3 Å². The van der Waals surface area contributed by atoms with Gasteiger partial charge in [0.2, 0.25) is 0 Å². The third-order valence-corrected chi connectivity index (χ3v) is 4.61. The van der Waals surface area contributed by atoms with Crippen LogP contribution in [0.2, 0.25) is 0 Å². The molecule has 1 fully saturated rings. The topological polar surface area (TPSA) is 55.1 Å². The molecular weight excluding hydrogens is 320 g/mol. The highest BCUT2D eigenvalue weighted by atomic mass is 35.5. The fraction of sp³-hybridized carbons (Fsp3) is 0.350. The van der Waals surface area contributed by atoms with Crippen LogP contribution in [-0.4, -0.2) is 18.0 Å². The second kappa shape index (κ2) is 8.86. The smallest absolute Gasteiger partial charge is 0.251 e. The Morgan fingerprint density at radius 1 is 0.958 bits per heavy atom. The van der Waals surface area contributed by atoms with Gasteiger partial charge >= 0.3 is 0 Å². The lowest BCUT2D eigenvalue weighted by Crippen LogP contribution is -2.40. The van der Waals surface area contributed by atoms with Crippen LogP contribution in [0, 0.1) is 0 Å². The molecule has 24 heavy (non-hydrogen) atoms. The summed E-state index contributed by atoms with van der Waals surface area (Å²) in [7, 11) is 0. The fourth-order valence-electron chi connectivity index (χ4n) is 3.24. The zero-order valence-electron chi connectivity index (χ0n) is 13.8.